The van der Waals surface area contributed by atoms with E-state index in [2.05, 4.69) is 10.6 Å². The average Bonchev–Trinajstić information content (AvgIpc) is 2.44. The number of hydrogen-bond acceptors (Lipinski definition) is 1. The lowest BCUT2D eigenvalue weighted by Gasteiger charge is -2.14. The number of benzene rings is 2. The van der Waals surface area contributed by atoms with Gasteiger partial charge in [-0.05, 0) is 48.6 Å². The summed E-state index contributed by atoms with van der Waals surface area (Å²) in [5.41, 5.74) is -0.483. The number of anilines is 2. The molecule has 0 aliphatic rings. The molecule has 9 heteroatoms. The Bertz CT molecular complexity index is 750. The number of thiocarbonyl (C=S) groups is 1. The first-order valence-corrected chi connectivity index (χ1v) is 7.23. The zero-order chi connectivity index (χ0) is 17.2. The van der Waals surface area contributed by atoms with E-state index in [0.29, 0.717) is 5.69 Å². The fraction of sp³-hybridized carbons (Fsp3) is 0.0714. The zero-order valence-corrected chi connectivity index (χ0v) is 13.5. The van der Waals surface area contributed by atoms with Crippen LogP contribution in [0.3, 0.4) is 0 Å². The topological polar surface area (TPSA) is 24.1 Å². The molecule has 0 unspecified atom stereocenters. The Hall–Kier alpha value is -1.57. The summed E-state index contributed by atoms with van der Waals surface area (Å²) in [6, 6.07) is 7.13. The van der Waals surface area contributed by atoms with Gasteiger partial charge < -0.3 is 10.6 Å². The predicted molar refractivity (Wildman–Crippen MR) is 87.7 cm³/mol. The Balaban J connectivity index is 2.12. The molecule has 0 bridgehead atoms. The molecule has 0 aromatic heterocycles. The van der Waals surface area contributed by atoms with E-state index in [9.17, 15) is 17.6 Å². The van der Waals surface area contributed by atoms with Gasteiger partial charge in [0, 0.05) is 11.4 Å². The third kappa shape index (κ3) is 4.70. The van der Waals surface area contributed by atoms with Gasteiger partial charge in [-0.3, -0.25) is 0 Å². The van der Waals surface area contributed by atoms with Gasteiger partial charge in [0.05, 0.1) is 15.6 Å². The fourth-order valence-corrected chi connectivity index (χ4v) is 2.33. The van der Waals surface area contributed by atoms with Crippen molar-refractivity contribution in [2.45, 2.75) is 6.18 Å². The standard InChI is InChI=1S/C14H8Cl2F4N2S/c15-10-3-1-7(5-9(10)14(18,19)20)21-13(23)22-8-2-4-12(17)11(16)6-8/h1-6H,(H2,21,22,23). The molecule has 2 rings (SSSR count). The van der Waals surface area contributed by atoms with Crippen LogP contribution in [-0.4, -0.2) is 5.11 Å². The number of nitrogens with one attached hydrogen (secondary N) is 2. The Morgan fingerprint density at radius 1 is 0.913 bits per heavy atom. The van der Waals surface area contributed by atoms with E-state index in [1.165, 1.54) is 18.2 Å². The second kappa shape index (κ2) is 6.90. The molecule has 2 nitrogen and oxygen atoms in total. The molecule has 0 amide bonds. The van der Waals surface area contributed by atoms with Gasteiger partial charge in [-0.15, -0.1) is 0 Å². The molecule has 2 aromatic carbocycles. The Kier molecular flexibility index (Phi) is 5.33. The maximum Gasteiger partial charge on any atom is 0.417 e. The van der Waals surface area contributed by atoms with Crippen LogP contribution in [0.25, 0.3) is 0 Å². The third-order valence-electron chi connectivity index (χ3n) is 2.71. The van der Waals surface area contributed by atoms with Gasteiger partial charge in [0.25, 0.3) is 0 Å². The largest absolute Gasteiger partial charge is 0.417 e. The van der Waals surface area contributed by atoms with Crippen molar-refractivity contribution >= 4 is 51.9 Å². The molecular formula is C14H8Cl2F4N2S. The number of alkyl halides is 3. The summed E-state index contributed by atoms with van der Waals surface area (Å²) in [7, 11) is 0. The minimum atomic E-state index is -4.58. The van der Waals surface area contributed by atoms with Gasteiger partial charge in [-0.1, -0.05) is 23.2 Å². The van der Waals surface area contributed by atoms with Crippen molar-refractivity contribution < 1.29 is 17.6 Å². The van der Waals surface area contributed by atoms with Crippen molar-refractivity contribution in [1.82, 2.24) is 0 Å². The minimum absolute atomic E-state index is 0.0168. The summed E-state index contributed by atoms with van der Waals surface area (Å²) in [6.45, 7) is 0. The molecule has 0 heterocycles. The SMILES string of the molecule is Fc1ccc(NC(=S)Nc2ccc(Cl)c(C(F)(F)F)c2)cc1Cl. The van der Waals surface area contributed by atoms with Gasteiger partial charge in [-0.2, -0.15) is 13.2 Å². The monoisotopic (exact) mass is 382 g/mol. The van der Waals surface area contributed by atoms with E-state index >= 15 is 0 Å². The Labute approximate surface area is 144 Å². The molecule has 2 aromatic rings. The molecule has 0 aliphatic heterocycles. The fourth-order valence-electron chi connectivity index (χ4n) is 1.69. The first-order chi connectivity index (χ1) is 10.7. The number of hydrogen-bond donors (Lipinski definition) is 2. The summed E-state index contributed by atoms with van der Waals surface area (Å²) < 4.78 is 51.4. The van der Waals surface area contributed by atoms with E-state index in [1.54, 1.807) is 0 Å². The van der Waals surface area contributed by atoms with Crippen LogP contribution < -0.4 is 10.6 Å². The van der Waals surface area contributed by atoms with Gasteiger partial charge >= 0.3 is 6.18 Å². The van der Waals surface area contributed by atoms with Crippen LogP contribution >= 0.6 is 35.4 Å². The predicted octanol–water partition coefficient (Wildman–Crippen LogP) is 5.96. The lowest BCUT2D eigenvalue weighted by Crippen LogP contribution is -2.19. The first kappa shape index (κ1) is 17.8. The zero-order valence-electron chi connectivity index (χ0n) is 11.1. The van der Waals surface area contributed by atoms with Crippen LogP contribution in [0.1, 0.15) is 5.56 Å². The molecule has 23 heavy (non-hydrogen) atoms. The second-order valence-corrected chi connectivity index (χ2v) is 5.62. The van der Waals surface area contributed by atoms with Crippen LogP contribution in [0.2, 0.25) is 10.0 Å². The lowest BCUT2D eigenvalue weighted by molar-refractivity contribution is -0.137. The molecular weight excluding hydrogens is 375 g/mol. The summed E-state index contributed by atoms with van der Waals surface area (Å²) in [6.07, 6.45) is -4.58. The van der Waals surface area contributed by atoms with Crippen LogP contribution in [0.15, 0.2) is 36.4 Å². The van der Waals surface area contributed by atoms with Gasteiger partial charge in [0.1, 0.15) is 5.82 Å². The maximum atomic E-state index is 13.0. The van der Waals surface area contributed by atoms with E-state index in [0.717, 1.165) is 18.2 Å². The van der Waals surface area contributed by atoms with Crippen molar-refractivity contribution in [3.05, 3.63) is 57.8 Å². The normalized spacial score (nSPS) is 11.2. The molecule has 2 N–H and O–H groups in total. The smallest absolute Gasteiger partial charge is 0.332 e. The average molecular weight is 383 g/mol. The molecule has 0 spiro atoms. The summed E-state index contributed by atoms with van der Waals surface area (Å²) in [4.78, 5) is 0. The first-order valence-electron chi connectivity index (χ1n) is 6.06. The highest BCUT2D eigenvalue weighted by Crippen LogP contribution is 2.36. The molecule has 0 aliphatic carbocycles. The Morgan fingerprint density at radius 2 is 1.48 bits per heavy atom. The number of rotatable bonds is 2. The summed E-state index contributed by atoms with van der Waals surface area (Å²) >= 11 is 16.2. The molecule has 0 radical (unpaired) electrons. The van der Waals surface area contributed by atoms with Gasteiger partial charge in [0.2, 0.25) is 0 Å². The highest BCUT2D eigenvalue weighted by Gasteiger charge is 2.33. The van der Waals surface area contributed by atoms with Crippen molar-refractivity contribution in [1.29, 1.82) is 0 Å². The molecule has 0 saturated carbocycles. The third-order valence-corrected chi connectivity index (χ3v) is 3.53. The van der Waals surface area contributed by atoms with Gasteiger partial charge in [-0.25, -0.2) is 4.39 Å². The van der Waals surface area contributed by atoms with Crippen LogP contribution in [0.4, 0.5) is 28.9 Å². The molecule has 0 saturated heterocycles. The van der Waals surface area contributed by atoms with E-state index in [1.807, 2.05) is 0 Å². The summed E-state index contributed by atoms with van der Waals surface area (Å²) in [5, 5.41) is 4.77. The van der Waals surface area contributed by atoms with E-state index < -0.39 is 22.6 Å². The van der Waals surface area contributed by atoms with Crippen molar-refractivity contribution in [2.75, 3.05) is 10.6 Å². The maximum absolute atomic E-state index is 13.0. The number of halogens is 6. The highest BCUT2D eigenvalue weighted by molar-refractivity contribution is 7.80. The second-order valence-electron chi connectivity index (χ2n) is 4.40. The van der Waals surface area contributed by atoms with E-state index in [4.69, 9.17) is 35.4 Å². The van der Waals surface area contributed by atoms with Gasteiger partial charge in [0.15, 0.2) is 5.11 Å². The molecule has 0 atom stereocenters. The van der Waals surface area contributed by atoms with Crippen molar-refractivity contribution in [3.8, 4) is 0 Å². The lowest BCUT2D eigenvalue weighted by atomic mass is 10.2. The highest BCUT2D eigenvalue weighted by atomic mass is 35.5. The summed E-state index contributed by atoms with van der Waals surface area (Å²) in [5.74, 6) is -0.594. The van der Waals surface area contributed by atoms with Crippen LogP contribution in [-0.2, 0) is 6.18 Å². The van der Waals surface area contributed by atoms with E-state index in [-0.39, 0.29) is 15.8 Å². The van der Waals surface area contributed by atoms with Crippen LogP contribution in [0, 0.1) is 5.82 Å². The quantitative estimate of drug-likeness (QED) is 0.494. The Morgan fingerprint density at radius 3 is 2.04 bits per heavy atom. The molecule has 0 fully saturated rings. The van der Waals surface area contributed by atoms with Crippen molar-refractivity contribution in [3.63, 3.8) is 0 Å². The molecule has 122 valence electrons. The van der Waals surface area contributed by atoms with Crippen molar-refractivity contribution in [2.24, 2.45) is 0 Å². The minimum Gasteiger partial charge on any atom is -0.332 e. The van der Waals surface area contributed by atoms with Crippen LogP contribution in [0.5, 0.6) is 0 Å².